The number of sulfonamides is 1. The van der Waals surface area contributed by atoms with Crippen molar-refractivity contribution in [2.24, 2.45) is 5.92 Å². The van der Waals surface area contributed by atoms with Crippen molar-refractivity contribution in [3.05, 3.63) is 29.8 Å². The molecule has 0 radical (unpaired) electrons. The van der Waals surface area contributed by atoms with Gasteiger partial charge in [0.2, 0.25) is 10.0 Å². The maximum Gasteiger partial charge on any atom is 0.240 e. The van der Waals surface area contributed by atoms with Gasteiger partial charge in [-0.25, -0.2) is 21.9 Å². The third kappa shape index (κ3) is 4.50. The number of hydrogen-bond acceptors (Lipinski definition) is 2. The molecule has 1 aromatic rings. The van der Waals surface area contributed by atoms with E-state index in [1.54, 1.807) is 0 Å². The molecule has 0 bridgehead atoms. The van der Waals surface area contributed by atoms with E-state index in [1.807, 2.05) is 13.8 Å². The molecule has 0 aliphatic carbocycles. The normalized spacial score (nSPS) is 13.8. The smallest absolute Gasteiger partial charge is 0.208 e. The Bertz CT molecular complexity index is 535. The average molecular weight is 356 g/mol. The van der Waals surface area contributed by atoms with Crippen LogP contribution in [0.15, 0.2) is 23.1 Å². The largest absolute Gasteiger partial charge is 0.240 e. The summed E-state index contributed by atoms with van der Waals surface area (Å²) in [5.74, 6) is -2.15. The van der Waals surface area contributed by atoms with Gasteiger partial charge in [0.15, 0.2) is 11.6 Å². The lowest BCUT2D eigenvalue weighted by molar-refractivity contribution is 0.440. The molecule has 1 aromatic carbocycles. The third-order valence-corrected chi connectivity index (χ3v) is 4.68. The molecular weight excluding hydrogens is 340 g/mol. The van der Waals surface area contributed by atoms with Gasteiger partial charge < -0.3 is 0 Å². The summed E-state index contributed by atoms with van der Waals surface area (Å²) in [5, 5.41) is 0.649. The fourth-order valence-electron chi connectivity index (χ4n) is 1.56. The minimum absolute atomic E-state index is 0.0950. The molecule has 0 heterocycles. The van der Waals surface area contributed by atoms with Gasteiger partial charge in [0.05, 0.1) is 4.90 Å². The van der Waals surface area contributed by atoms with E-state index in [9.17, 15) is 17.2 Å². The average Bonchev–Trinajstić information content (AvgIpc) is 2.31. The SMILES string of the molecule is CC(C)C(CCBr)NS(=O)(=O)c1ccc(F)c(F)c1. The van der Waals surface area contributed by atoms with E-state index in [2.05, 4.69) is 20.7 Å². The summed E-state index contributed by atoms with van der Waals surface area (Å²) < 4.78 is 52.5. The summed E-state index contributed by atoms with van der Waals surface area (Å²) in [6, 6.07) is 2.27. The molecule has 1 unspecified atom stereocenters. The summed E-state index contributed by atoms with van der Waals surface area (Å²) in [4.78, 5) is -0.272. The Balaban J connectivity index is 2.99. The standard InChI is InChI=1S/C12H16BrF2NO2S/c1-8(2)12(5-6-13)16-19(17,18)9-3-4-10(14)11(15)7-9/h3-4,7-8,12,16H,5-6H2,1-2H3. The second kappa shape index (κ2) is 6.76. The van der Waals surface area contributed by atoms with E-state index < -0.39 is 21.7 Å². The van der Waals surface area contributed by atoms with Crippen molar-refractivity contribution < 1.29 is 17.2 Å². The number of alkyl halides is 1. The van der Waals surface area contributed by atoms with Gasteiger partial charge in [0, 0.05) is 11.4 Å². The Morgan fingerprint density at radius 2 is 1.89 bits per heavy atom. The zero-order valence-corrected chi connectivity index (χ0v) is 13.1. The molecule has 1 rings (SSSR count). The first kappa shape index (κ1) is 16.5. The van der Waals surface area contributed by atoms with Gasteiger partial charge in [-0.1, -0.05) is 29.8 Å². The van der Waals surface area contributed by atoms with Crippen LogP contribution in [0.1, 0.15) is 20.3 Å². The summed E-state index contributed by atoms with van der Waals surface area (Å²) in [5.41, 5.74) is 0. The second-order valence-corrected chi connectivity index (χ2v) is 7.03. The van der Waals surface area contributed by atoms with E-state index in [0.29, 0.717) is 17.8 Å². The van der Waals surface area contributed by atoms with Crippen LogP contribution in [-0.4, -0.2) is 19.8 Å². The molecule has 0 fully saturated rings. The summed E-state index contributed by atoms with van der Waals surface area (Å²) >= 11 is 3.26. The van der Waals surface area contributed by atoms with Crippen LogP contribution in [0.25, 0.3) is 0 Å². The lowest BCUT2D eigenvalue weighted by atomic mass is 10.0. The predicted molar refractivity (Wildman–Crippen MR) is 73.7 cm³/mol. The molecule has 0 saturated carbocycles. The van der Waals surface area contributed by atoms with Crippen molar-refractivity contribution in [2.45, 2.75) is 31.2 Å². The highest BCUT2D eigenvalue weighted by Gasteiger charge is 2.23. The zero-order chi connectivity index (χ0) is 14.6. The van der Waals surface area contributed by atoms with Crippen molar-refractivity contribution in [2.75, 3.05) is 5.33 Å². The molecule has 0 aromatic heterocycles. The van der Waals surface area contributed by atoms with Crippen LogP contribution in [0.3, 0.4) is 0 Å². The van der Waals surface area contributed by atoms with Crippen molar-refractivity contribution in [1.82, 2.24) is 4.72 Å². The first-order valence-electron chi connectivity index (χ1n) is 5.81. The third-order valence-electron chi connectivity index (χ3n) is 2.73. The molecule has 108 valence electrons. The van der Waals surface area contributed by atoms with Gasteiger partial charge in [-0.2, -0.15) is 0 Å². The first-order chi connectivity index (χ1) is 8.77. The van der Waals surface area contributed by atoms with Gasteiger partial charge in [-0.05, 0) is 30.5 Å². The quantitative estimate of drug-likeness (QED) is 0.797. The van der Waals surface area contributed by atoms with Crippen molar-refractivity contribution >= 4 is 26.0 Å². The van der Waals surface area contributed by atoms with E-state index in [1.165, 1.54) is 0 Å². The Morgan fingerprint density at radius 1 is 1.26 bits per heavy atom. The maximum atomic E-state index is 13.1. The lowest BCUT2D eigenvalue weighted by Gasteiger charge is -2.21. The fourth-order valence-corrected chi connectivity index (χ4v) is 3.48. The second-order valence-electron chi connectivity index (χ2n) is 4.53. The molecule has 0 saturated heterocycles. The minimum atomic E-state index is -3.84. The number of hydrogen-bond donors (Lipinski definition) is 1. The Hall–Kier alpha value is -0.530. The Labute approximate surface area is 120 Å². The van der Waals surface area contributed by atoms with Crippen LogP contribution < -0.4 is 4.72 Å². The van der Waals surface area contributed by atoms with Crippen molar-refractivity contribution in [1.29, 1.82) is 0 Å². The maximum absolute atomic E-state index is 13.1. The van der Waals surface area contributed by atoms with Crippen LogP contribution >= 0.6 is 15.9 Å². The molecule has 0 spiro atoms. The summed E-state index contributed by atoms with van der Waals surface area (Å²) in [6.45, 7) is 3.78. The van der Waals surface area contributed by atoms with Crippen molar-refractivity contribution in [3.63, 3.8) is 0 Å². The molecular formula is C12H16BrF2NO2S. The summed E-state index contributed by atoms with van der Waals surface area (Å²) in [6.07, 6.45) is 0.612. The van der Waals surface area contributed by atoms with Crippen LogP contribution in [0.5, 0.6) is 0 Å². The van der Waals surface area contributed by atoms with E-state index in [0.717, 1.165) is 12.1 Å². The van der Waals surface area contributed by atoms with Crippen LogP contribution in [0, 0.1) is 17.6 Å². The van der Waals surface area contributed by atoms with Gasteiger partial charge >= 0.3 is 0 Å². The number of rotatable bonds is 6. The molecule has 1 N–H and O–H groups in total. The van der Waals surface area contributed by atoms with Gasteiger partial charge in [-0.3, -0.25) is 0 Å². The molecule has 0 amide bonds. The molecule has 19 heavy (non-hydrogen) atoms. The highest BCUT2D eigenvalue weighted by atomic mass is 79.9. The Kier molecular flexibility index (Phi) is 5.88. The van der Waals surface area contributed by atoms with E-state index in [-0.39, 0.29) is 16.9 Å². The van der Waals surface area contributed by atoms with Crippen LogP contribution in [-0.2, 0) is 10.0 Å². The molecule has 1 atom stereocenters. The Morgan fingerprint density at radius 3 is 2.37 bits per heavy atom. The van der Waals surface area contributed by atoms with Crippen LogP contribution in [0.2, 0.25) is 0 Å². The van der Waals surface area contributed by atoms with Crippen LogP contribution in [0.4, 0.5) is 8.78 Å². The molecule has 0 aliphatic heterocycles. The number of halogens is 3. The van der Waals surface area contributed by atoms with E-state index >= 15 is 0 Å². The summed E-state index contributed by atoms with van der Waals surface area (Å²) in [7, 11) is -3.84. The van der Waals surface area contributed by atoms with Gasteiger partial charge in [0.25, 0.3) is 0 Å². The van der Waals surface area contributed by atoms with Crippen molar-refractivity contribution in [3.8, 4) is 0 Å². The molecule has 7 heteroatoms. The lowest BCUT2D eigenvalue weighted by Crippen LogP contribution is -2.38. The highest BCUT2D eigenvalue weighted by molar-refractivity contribution is 9.09. The predicted octanol–water partition coefficient (Wildman–Crippen LogP) is 3.05. The fraction of sp³-hybridized carbons (Fsp3) is 0.500. The highest BCUT2D eigenvalue weighted by Crippen LogP contribution is 2.16. The monoisotopic (exact) mass is 355 g/mol. The van der Waals surface area contributed by atoms with E-state index in [4.69, 9.17) is 0 Å². The minimum Gasteiger partial charge on any atom is -0.208 e. The topological polar surface area (TPSA) is 46.2 Å². The van der Waals surface area contributed by atoms with Gasteiger partial charge in [-0.15, -0.1) is 0 Å². The number of nitrogens with one attached hydrogen (secondary N) is 1. The molecule has 0 aliphatic rings. The van der Waals surface area contributed by atoms with Gasteiger partial charge in [0.1, 0.15) is 0 Å². The zero-order valence-electron chi connectivity index (χ0n) is 10.7. The first-order valence-corrected chi connectivity index (χ1v) is 8.41. The number of benzene rings is 1. The molecule has 3 nitrogen and oxygen atoms in total.